The summed E-state index contributed by atoms with van der Waals surface area (Å²) in [7, 11) is 0. The van der Waals surface area contributed by atoms with Crippen LogP contribution < -0.4 is 0 Å². The van der Waals surface area contributed by atoms with Crippen LogP contribution in [0.3, 0.4) is 0 Å². The molecule has 0 N–H and O–H groups in total. The Labute approximate surface area is 152 Å². The van der Waals surface area contributed by atoms with Gasteiger partial charge in [0.15, 0.2) is 0 Å². The van der Waals surface area contributed by atoms with E-state index in [-0.39, 0.29) is 5.91 Å². The average molecular weight is 347 g/mol. The molecule has 26 heavy (non-hydrogen) atoms. The molecule has 0 unspecified atom stereocenters. The van der Waals surface area contributed by atoms with Crippen LogP contribution in [-0.2, 0) is 6.54 Å². The van der Waals surface area contributed by atoms with Crippen LogP contribution in [0, 0.1) is 19.8 Å². The summed E-state index contributed by atoms with van der Waals surface area (Å²) in [6.07, 6.45) is 8.84. The third-order valence-electron chi connectivity index (χ3n) is 4.95. The Bertz CT molecular complexity index is 928. The number of imidazole rings is 1. The second-order valence-electron chi connectivity index (χ2n) is 6.84. The lowest BCUT2D eigenvalue weighted by molar-refractivity contribution is 0.0467. The number of aryl methyl sites for hydroxylation is 2. The minimum Gasteiger partial charge on any atom is -0.338 e. The smallest absolute Gasteiger partial charge is 0.255 e. The van der Waals surface area contributed by atoms with E-state index in [9.17, 15) is 4.79 Å². The molecule has 0 atom stereocenters. The molecular formula is C20H21N5O. The fraction of sp³-hybridized carbons (Fsp3) is 0.300. The summed E-state index contributed by atoms with van der Waals surface area (Å²) in [6.45, 7) is 6.40. The van der Waals surface area contributed by atoms with Gasteiger partial charge in [-0.2, -0.15) is 0 Å². The van der Waals surface area contributed by atoms with Gasteiger partial charge < -0.3 is 9.47 Å². The number of pyridine rings is 2. The lowest BCUT2D eigenvalue weighted by Crippen LogP contribution is -2.51. The van der Waals surface area contributed by atoms with E-state index < -0.39 is 0 Å². The monoisotopic (exact) mass is 347 g/mol. The summed E-state index contributed by atoms with van der Waals surface area (Å²) < 4.78 is 2.23. The van der Waals surface area contributed by atoms with Crippen molar-refractivity contribution in [1.82, 2.24) is 24.4 Å². The summed E-state index contributed by atoms with van der Waals surface area (Å²) in [5, 5.41) is 0. The van der Waals surface area contributed by atoms with Crippen LogP contribution in [0.25, 0.3) is 11.4 Å². The molecule has 1 fully saturated rings. The van der Waals surface area contributed by atoms with Gasteiger partial charge in [0.2, 0.25) is 0 Å². The Morgan fingerprint density at radius 1 is 1.08 bits per heavy atom. The van der Waals surface area contributed by atoms with E-state index in [1.807, 2.05) is 36.2 Å². The van der Waals surface area contributed by atoms with Gasteiger partial charge in [-0.1, -0.05) is 0 Å². The number of carbonyl (C=O) groups excluding carboxylic acids is 1. The molecule has 1 aliphatic heterocycles. The van der Waals surface area contributed by atoms with Crippen molar-refractivity contribution >= 4 is 5.91 Å². The maximum Gasteiger partial charge on any atom is 0.255 e. The molecule has 0 radical (unpaired) electrons. The minimum absolute atomic E-state index is 0.0727. The maximum atomic E-state index is 12.6. The van der Waals surface area contributed by atoms with Gasteiger partial charge in [0.25, 0.3) is 5.91 Å². The topological polar surface area (TPSA) is 63.9 Å². The van der Waals surface area contributed by atoms with Crippen molar-refractivity contribution in [1.29, 1.82) is 0 Å². The lowest BCUT2D eigenvalue weighted by Gasteiger charge is -2.40. The first-order valence-electron chi connectivity index (χ1n) is 8.76. The molecule has 0 saturated carbocycles. The standard InChI is InChI=1S/C20H21N5O/c1-14-3-6-22-10-18(14)20(26)24-11-16(12-24)13-25-15(2)9-23-19(25)17-4-7-21-8-5-17/h3-10,16H,11-13H2,1-2H3. The lowest BCUT2D eigenvalue weighted by atomic mass is 9.98. The Hall–Kier alpha value is -3.02. The number of nitrogens with zero attached hydrogens (tertiary/aromatic N) is 5. The van der Waals surface area contributed by atoms with Crippen molar-refractivity contribution in [3.05, 3.63) is 66.0 Å². The molecule has 6 heteroatoms. The van der Waals surface area contributed by atoms with Crippen molar-refractivity contribution in [3.63, 3.8) is 0 Å². The van der Waals surface area contributed by atoms with Gasteiger partial charge in [-0.15, -0.1) is 0 Å². The molecule has 0 spiro atoms. The number of hydrogen-bond acceptors (Lipinski definition) is 4. The number of amides is 1. The maximum absolute atomic E-state index is 12.6. The molecule has 3 aromatic heterocycles. The number of rotatable bonds is 4. The van der Waals surface area contributed by atoms with E-state index >= 15 is 0 Å². The molecule has 4 heterocycles. The Kier molecular flexibility index (Phi) is 4.24. The molecule has 3 aromatic rings. The highest BCUT2D eigenvalue weighted by molar-refractivity contribution is 5.95. The average Bonchev–Trinajstić information content (AvgIpc) is 2.99. The molecule has 132 valence electrons. The van der Waals surface area contributed by atoms with Gasteiger partial charge in [-0.05, 0) is 37.6 Å². The summed E-state index contributed by atoms with van der Waals surface area (Å²) in [5.74, 6) is 1.46. The zero-order chi connectivity index (χ0) is 18.1. The van der Waals surface area contributed by atoms with Crippen molar-refractivity contribution < 1.29 is 4.79 Å². The van der Waals surface area contributed by atoms with Gasteiger partial charge in [-0.3, -0.25) is 14.8 Å². The van der Waals surface area contributed by atoms with Gasteiger partial charge in [0.05, 0.1) is 5.56 Å². The van der Waals surface area contributed by atoms with Crippen molar-refractivity contribution in [3.8, 4) is 11.4 Å². The minimum atomic E-state index is 0.0727. The van der Waals surface area contributed by atoms with E-state index in [0.717, 1.165) is 42.3 Å². The van der Waals surface area contributed by atoms with Crippen molar-refractivity contribution in [2.45, 2.75) is 20.4 Å². The first-order chi connectivity index (χ1) is 12.6. The number of aromatic nitrogens is 4. The Morgan fingerprint density at radius 3 is 2.54 bits per heavy atom. The molecule has 6 nitrogen and oxygen atoms in total. The van der Waals surface area contributed by atoms with Crippen LogP contribution in [0.5, 0.6) is 0 Å². The summed E-state index contributed by atoms with van der Waals surface area (Å²) in [5.41, 5.74) is 3.86. The van der Waals surface area contributed by atoms with E-state index in [1.165, 1.54) is 0 Å². The molecule has 1 amide bonds. The van der Waals surface area contributed by atoms with Gasteiger partial charge in [-0.25, -0.2) is 4.98 Å². The third-order valence-corrected chi connectivity index (χ3v) is 4.95. The largest absolute Gasteiger partial charge is 0.338 e. The first kappa shape index (κ1) is 16.4. The van der Waals surface area contributed by atoms with E-state index in [2.05, 4.69) is 26.4 Å². The highest BCUT2D eigenvalue weighted by Crippen LogP contribution is 2.25. The predicted octanol–water partition coefficient (Wildman–Crippen LogP) is 2.73. The van der Waals surface area contributed by atoms with E-state index in [1.54, 1.807) is 24.8 Å². The van der Waals surface area contributed by atoms with Crippen molar-refractivity contribution in [2.24, 2.45) is 5.92 Å². The van der Waals surface area contributed by atoms with Crippen LogP contribution in [0.4, 0.5) is 0 Å². The van der Waals surface area contributed by atoms with Gasteiger partial charge >= 0.3 is 0 Å². The van der Waals surface area contributed by atoms with Gasteiger partial charge in [0, 0.05) is 67.8 Å². The summed E-state index contributed by atoms with van der Waals surface area (Å²) in [6, 6.07) is 5.82. The second-order valence-corrected chi connectivity index (χ2v) is 6.84. The van der Waals surface area contributed by atoms with Crippen LogP contribution >= 0.6 is 0 Å². The molecule has 1 saturated heterocycles. The van der Waals surface area contributed by atoms with E-state index in [4.69, 9.17) is 0 Å². The molecule has 0 aromatic carbocycles. The zero-order valence-corrected chi connectivity index (χ0v) is 15.0. The number of hydrogen-bond donors (Lipinski definition) is 0. The number of carbonyl (C=O) groups is 1. The summed E-state index contributed by atoms with van der Waals surface area (Å²) in [4.78, 5) is 27.2. The highest BCUT2D eigenvalue weighted by atomic mass is 16.2. The SMILES string of the molecule is Cc1ccncc1C(=O)N1CC(Cn2c(C)cnc2-c2ccncc2)C1. The predicted molar refractivity (Wildman–Crippen MR) is 98.6 cm³/mol. The summed E-state index contributed by atoms with van der Waals surface area (Å²) >= 11 is 0. The molecular weight excluding hydrogens is 326 g/mol. The number of likely N-dealkylation sites (tertiary alicyclic amines) is 1. The fourth-order valence-corrected chi connectivity index (χ4v) is 3.39. The first-order valence-corrected chi connectivity index (χ1v) is 8.76. The second kappa shape index (κ2) is 6.71. The quantitative estimate of drug-likeness (QED) is 0.728. The van der Waals surface area contributed by atoms with Crippen LogP contribution in [0.15, 0.2) is 49.2 Å². The van der Waals surface area contributed by atoms with Gasteiger partial charge in [0.1, 0.15) is 5.82 Å². The zero-order valence-electron chi connectivity index (χ0n) is 15.0. The molecule has 4 rings (SSSR count). The normalized spacial score (nSPS) is 14.3. The van der Waals surface area contributed by atoms with Crippen LogP contribution in [0.1, 0.15) is 21.6 Å². The van der Waals surface area contributed by atoms with Crippen LogP contribution in [0.2, 0.25) is 0 Å². The molecule has 0 bridgehead atoms. The Balaban J connectivity index is 1.45. The third kappa shape index (κ3) is 2.98. The Morgan fingerprint density at radius 2 is 1.81 bits per heavy atom. The highest BCUT2D eigenvalue weighted by Gasteiger charge is 2.32. The van der Waals surface area contributed by atoms with Crippen molar-refractivity contribution in [2.75, 3.05) is 13.1 Å². The molecule has 1 aliphatic rings. The van der Waals surface area contributed by atoms with Crippen LogP contribution in [-0.4, -0.2) is 43.4 Å². The molecule has 0 aliphatic carbocycles. The fourth-order valence-electron chi connectivity index (χ4n) is 3.39. The van der Waals surface area contributed by atoms with E-state index in [0.29, 0.717) is 11.5 Å².